The molecule has 2 rings (SSSR count). The molecule has 1 aliphatic rings. The summed E-state index contributed by atoms with van der Waals surface area (Å²) >= 11 is 0. The van der Waals surface area contributed by atoms with E-state index < -0.39 is 11.9 Å². The van der Waals surface area contributed by atoms with E-state index in [4.69, 9.17) is 0 Å². The minimum absolute atomic E-state index is 0.140. The van der Waals surface area contributed by atoms with E-state index in [-0.39, 0.29) is 18.1 Å². The predicted octanol–water partition coefficient (Wildman–Crippen LogP) is 0.965. The average molecular weight is 224 g/mol. The summed E-state index contributed by atoms with van der Waals surface area (Å²) in [5, 5.41) is 11.8. The van der Waals surface area contributed by atoms with Gasteiger partial charge in [0.15, 0.2) is 0 Å². The van der Waals surface area contributed by atoms with Gasteiger partial charge in [-0.2, -0.15) is 0 Å². The van der Waals surface area contributed by atoms with Gasteiger partial charge in [0.25, 0.3) is 0 Å². The molecule has 5 heteroatoms. The lowest BCUT2D eigenvalue weighted by molar-refractivity contribution is -0.115. The van der Waals surface area contributed by atoms with E-state index in [1.165, 1.54) is 6.07 Å². The SMILES string of the molecule is CC(O)CN1CC(=O)Nc2c(F)cccc21. The van der Waals surface area contributed by atoms with Gasteiger partial charge in [0.2, 0.25) is 5.91 Å². The second-order valence-electron chi connectivity index (χ2n) is 3.91. The number of amides is 1. The summed E-state index contributed by atoms with van der Waals surface area (Å²) in [4.78, 5) is 13.0. The van der Waals surface area contributed by atoms with E-state index in [1.54, 1.807) is 24.0 Å². The van der Waals surface area contributed by atoms with Gasteiger partial charge in [0.1, 0.15) is 11.5 Å². The molecule has 0 saturated heterocycles. The van der Waals surface area contributed by atoms with Gasteiger partial charge in [-0.05, 0) is 19.1 Å². The third-order valence-electron chi connectivity index (χ3n) is 2.42. The highest BCUT2D eigenvalue weighted by Crippen LogP contribution is 2.31. The van der Waals surface area contributed by atoms with Crippen LogP contribution in [0.3, 0.4) is 0 Å². The number of anilines is 2. The summed E-state index contributed by atoms with van der Waals surface area (Å²) in [6, 6.07) is 4.60. The molecule has 1 heterocycles. The zero-order valence-electron chi connectivity index (χ0n) is 8.90. The standard InChI is InChI=1S/C11H13FN2O2/c1-7(15)5-14-6-10(16)13-11-8(12)3-2-4-9(11)14/h2-4,7,15H,5-6H2,1H3,(H,13,16). The van der Waals surface area contributed by atoms with Crippen molar-refractivity contribution in [3.05, 3.63) is 24.0 Å². The molecule has 1 unspecified atom stereocenters. The summed E-state index contributed by atoms with van der Waals surface area (Å²) in [6.45, 7) is 2.08. The van der Waals surface area contributed by atoms with Crippen LogP contribution in [-0.4, -0.2) is 30.2 Å². The predicted molar refractivity (Wildman–Crippen MR) is 58.9 cm³/mol. The number of fused-ring (bicyclic) bond motifs is 1. The number of hydrogen-bond acceptors (Lipinski definition) is 3. The molecule has 0 saturated carbocycles. The molecule has 16 heavy (non-hydrogen) atoms. The van der Waals surface area contributed by atoms with Gasteiger partial charge in [-0.15, -0.1) is 0 Å². The van der Waals surface area contributed by atoms with Crippen molar-refractivity contribution in [1.29, 1.82) is 0 Å². The van der Waals surface area contributed by atoms with Gasteiger partial charge in [-0.25, -0.2) is 4.39 Å². The van der Waals surface area contributed by atoms with E-state index in [9.17, 15) is 14.3 Å². The summed E-state index contributed by atoms with van der Waals surface area (Å²) in [6.07, 6.45) is -0.568. The van der Waals surface area contributed by atoms with Crippen molar-refractivity contribution >= 4 is 17.3 Å². The third-order valence-corrected chi connectivity index (χ3v) is 2.42. The molecule has 0 aliphatic carbocycles. The second kappa shape index (κ2) is 4.09. The van der Waals surface area contributed by atoms with Crippen LogP contribution in [-0.2, 0) is 4.79 Å². The van der Waals surface area contributed by atoms with Gasteiger partial charge in [-0.3, -0.25) is 4.79 Å². The first-order valence-electron chi connectivity index (χ1n) is 5.09. The maximum atomic E-state index is 13.5. The van der Waals surface area contributed by atoms with Gasteiger partial charge in [0, 0.05) is 6.54 Å². The molecule has 1 aromatic carbocycles. The van der Waals surface area contributed by atoms with Crippen molar-refractivity contribution in [3.63, 3.8) is 0 Å². The molecule has 0 bridgehead atoms. The van der Waals surface area contributed by atoms with E-state index in [0.29, 0.717) is 12.2 Å². The van der Waals surface area contributed by atoms with Gasteiger partial charge >= 0.3 is 0 Å². The van der Waals surface area contributed by atoms with Crippen molar-refractivity contribution in [2.45, 2.75) is 13.0 Å². The number of carbonyl (C=O) groups is 1. The molecule has 1 aromatic rings. The van der Waals surface area contributed by atoms with Crippen LogP contribution >= 0.6 is 0 Å². The molecule has 1 amide bonds. The Kier molecular flexibility index (Phi) is 2.78. The fourth-order valence-electron chi connectivity index (χ4n) is 1.82. The van der Waals surface area contributed by atoms with Crippen molar-refractivity contribution in [1.82, 2.24) is 0 Å². The summed E-state index contributed by atoms with van der Waals surface area (Å²) in [7, 11) is 0. The molecule has 1 aliphatic heterocycles. The molecule has 0 fully saturated rings. The number of aliphatic hydroxyl groups excluding tert-OH is 1. The van der Waals surface area contributed by atoms with E-state index in [1.807, 2.05) is 0 Å². The fourth-order valence-corrected chi connectivity index (χ4v) is 1.82. The van der Waals surface area contributed by atoms with Crippen LogP contribution in [0.1, 0.15) is 6.92 Å². The summed E-state index contributed by atoms with van der Waals surface area (Å²) in [5.41, 5.74) is 0.805. The van der Waals surface area contributed by atoms with Crippen LogP contribution in [0.2, 0.25) is 0 Å². The maximum absolute atomic E-state index is 13.5. The molecule has 1 atom stereocenters. The van der Waals surface area contributed by atoms with Crippen LogP contribution < -0.4 is 10.2 Å². The van der Waals surface area contributed by atoms with Crippen LogP contribution in [0.15, 0.2) is 18.2 Å². The molecule has 0 radical (unpaired) electrons. The average Bonchev–Trinajstić information content (AvgIpc) is 2.18. The number of hydrogen-bond donors (Lipinski definition) is 2. The van der Waals surface area contributed by atoms with Crippen LogP contribution in [0.4, 0.5) is 15.8 Å². The van der Waals surface area contributed by atoms with Crippen molar-refractivity contribution in [2.75, 3.05) is 23.3 Å². The first-order valence-corrected chi connectivity index (χ1v) is 5.09. The lowest BCUT2D eigenvalue weighted by atomic mass is 10.1. The van der Waals surface area contributed by atoms with E-state index in [2.05, 4.69) is 5.32 Å². The smallest absolute Gasteiger partial charge is 0.244 e. The number of halogens is 1. The zero-order chi connectivity index (χ0) is 11.7. The number of β-amino-alcohol motifs (C(OH)–C–C–N with tert-alkyl or cyclic N) is 1. The summed E-state index contributed by atoms with van der Waals surface area (Å²) in [5.74, 6) is -0.723. The Morgan fingerprint density at radius 1 is 1.62 bits per heavy atom. The Balaban J connectivity index is 2.38. The van der Waals surface area contributed by atoms with Crippen molar-refractivity contribution in [3.8, 4) is 0 Å². The molecule has 86 valence electrons. The number of carbonyl (C=O) groups excluding carboxylic acids is 1. The number of benzene rings is 1. The highest BCUT2D eigenvalue weighted by atomic mass is 19.1. The van der Waals surface area contributed by atoms with Crippen LogP contribution in [0.25, 0.3) is 0 Å². The molecule has 2 N–H and O–H groups in total. The number of nitrogens with one attached hydrogen (secondary N) is 1. The van der Waals surface area contributed by atoms with Gasteiger partial charge in [0.05, 0.1) is 18.3 Å². The quantitative estimate of drug-likeness (QED) is 0.786. The lowest BCUT2D eigenvalue weighted by Gasteiger charge is -2.31. The normalized spacial score (nSPS) is 16.7. The van der Waals surface area contributed by atoms with Gasteiger partial charge in [-0.1, -0.05) is 6.07 Å². The highest BCUT2D eigenvalue weighted by Gasteiger charge is 2.24. The summed E-state index contributed by atoms with van der Waals surface area (Å²) < 4.78 is 13.5. The van der Waals surface area contributed by atoms with E-state index in [0.717, 1.165) is 0 Å². The topological polar surface area (TPSA) is 52.6 Å². The maximum Gasteiger partial charge on any atom is 0.244 e. The Hall–Kier alpha value is -1.62. The first kappa shape index (κ1) is 10.9. The Bertz CT molecular complexity index is 420. The number of para-hydroxylation sites is 1. The van der Waals surface area contributed by atoms with Gasteiger partial charge < -0.3 is 15.3 Å². The molecular weight excluding hydrogens is 211 g/mol. The molecule has 0 spiro atoms. The highest BCUT2D eigenvalue weighted by molar-refractivity contribution is 6.01. The first-order chi connectivity index (χ1) is 7.58. The largest absolute Gasteiger partial charge is 0.392 e. The number of nitrogens with zero attached hydrogens (tertiary/aromatic N) is 1. The van der Waals surface area contributed by atoms with E-state index >= 15 is 0 Å². The molecular formula is C11H13FN2O2. The third kappa shape index (κ3) is 1.99. The van der Waals surface area contributed by atoms with Crippen LogP contribution in [0.5, 0.6) is 0 Å². The van der Waals surface area contributed by atoms with Crippen molar-refractivity contribution in [2.24, 2.45) is 0 Å². The minimum atomic E-state index is -0.568. The Morgan fingerprint density at radius 3 is 3.06 bits per heavy atom. The van der Waals surface area contributed by atoms with Crippen molar-refractivity contribution < 1.29 is 14.3 Å². The lowest BCUT2D eigenvalue weighted by Crippen LogP contribution is -2.41. The number of aliphatic hydroxyl groups is 1. The monoisotopic (exact) mass is 224 g/mol. The molecule has 4 nitrogen and oxygen atoms in total. The van der Waals surface area contributed by atoms with Crippen LogP contribution in [0, 0.1) is 5.82 Å². The zero-order valence-corrected chi connectivity index (χ0v) is 8.90. The number of rotatable bonds is 2. The minimum Gasteiger partial charge on any atom is -0.392 e. The molecule has 0 aromatic heterocycles. The Morgan fingerprint density at radius 2 is 2.38 bits per heavy atom. The fraction of sp³-hybridized carbons (Fsp3) is 0.364. The Labute approximate surface area is 92.7 Å². The second-order valence-corrected chi connectivity index (χ2v) is 3.91.